The maximum Gasteiger partial charge on any atom is 0.304 e. The molecule has 0 saturated heterocycles. The third kappa shape index (κ3) is 7.37. The Morgan fingerprint density at radius 1 is 0.881 bits per heavy atom. The number of benzene rings is 4. The first-order valence-corrected chi connectivity index (χ1v) is 14.2. The van der Waals surface area contributed by atoms with E-state index in [-0.39, 0.29) is 18.2 Å². The van der Waals surface area contributed by atoms with Crippen LogP contribution in [0.15, 0.2) is 129 Å². The van der Waals surface area contributed by atoms with E-state index in [1.807, 2.05) is 84.9 Å². The number of aromatic hydroxyl groups is 1. The Labute approximate surface area is 252 Å². The van der Waals surface area contributed by atoms with Crippen molar-refractivity contribution in [3.63, 3.8) is 0 Å². The molecule has 5 aromatic rings. The van der Waals surface area contributed by atoms with E-state index < -0.39 is 5.91 Å². The summed E-state index contributed by atoms with van der Waals surface area (Å²) in [6, 6.07) is 35.6. The molecule has 1 N–H and O–H groups in total. The number of carbonyl (C=O) groups excluding carboxylic acids is 1. The molecule has 42 heavy (non-hydrogen) atoms. The molecule has 9 heteroatoms. The van der Waals surface area contributed by atoms with Gasteiger partial charge in [-0.3, -0.25) is 14.3 Å². The number of carbonyl (C=O) groups is 1. The van der Waals surface area contributed by atoms with Crippen molar-refractivity contribution in [1.82, 2.24) is 9.47 Å². The summed E-state index contributed by atoms with van der Waals surface area (Å²) in [6.07, 6.45) is 0. The third-order valence-corrected chi connectivity index (χ3v) is 7.15. The van der Waals surface area contributed by atoms with Crippen molar-refractivity contribution in [3.8, 4) is 5.88 Å². The molecule has 5 rings (SSSR count). The van der Waals surface area contributed by atoms with Gasteiger partial charge in [0, 0.05) is 22.9 Å². The van der Waals surface area contributed by atoms with Crippen LogP contribution in [0, 0.1) is 0 Å². The highest BCUT2D eigenvalue weighted by molar-refractivity contribution is 9.10. The molecule has 0 aliphatic heterocycles. The first-order chi connectivity index (χ1) is 20.5. The van der Waals surface area contributed by atoms with E-state index in [0.717, 1.165) is 26.7 Å². The fourth-order valence-electron chi connectivity index (χ4n) is 4.63. The fraction of sp³-hybridized carbons (Fsp3) is 0.152. The SMILES string of the molecule is C/C(=N/OCC(=O)N=Nc1c(O)n(CN(Cc2ccccc2)Cc2ccccc2)c2ccc(Br)cc12)c1ccccc1. The predicted octanol–water partition coefficient (Wildman–Crippen LogP) is 7.82. The van der Waals surface area contributed by atoms with Crippen LogP contribution >= 0.6 is 15.9 Å². The van der Waals surface area contributed by atoms with Gasteiger partial charge in [-0.05, 0) is 41.8 Å². The van der Waals surface area contributed by atoms with Gasteiger partial charge in [-0.1, -0.05) is 112 Å². The van der Waals surface area contributed by atoms with Crippen LogP contribution < -0.4 is 0 Å². The molecular formula is C33H30BrN5O3. The molecule has 0 radical (unpaired) electrons. The first-order valence-electron chi connectivity index (χ1n) is 13.5. The second-order valence-corrected chi connectivity index (χ2v) is 10.7. The number of hydrogen-bond acceptors (Lipinski definition) is 6. The molecule has 0 fully saturated rings. The average molecular weight is 625 g/mol. The van der Waals surface area contributed by atoms with Gasteiger partial charge < -0.3 is 9.94 Å². The molecule has 0 atom stereocenters. The van der Waals surface area contributed by atoms with E-state index in [1.54, 1.807) is 11.5 Å². The maximum atomic E-state index is 12.5. The van der Waals surface area contributed by atoms with Gasteiger partial charge in [-0.15, -0.1) is 10.2 Å². The Kier molecular flexibility index (Phi) is 9.53. The monoisotopic (exact) mass is 623 g/mol. The molecule has 1 amide bonds. The molecule has 0 unspecified atom stereocenters. The molecule has 0 saturated carbocycles. The number of oxime groups is 1. The van der Waals surface area contributed by atoms with Crippen molar-refractivity contribution in [3.05, 3.63) is 130 Å². The number of nitrogens with zero attached hydrogens (tertiary/aromatic N) is 5. The van der Waals surface area contributed by atoms with Crippen molar-refractivity contribution in [2.75, 3.05) is 6.61 Å². The summed E-state index contributed by atoms with van der Waals surface area (Å²) in [5, 5.41) is 24.0. The standard InChI is InChI=1S/C33H30BrN5O3/c1-24(27-15-9-4-10-16-27)37-42-22-31(40)35-36-32-29-19-28(34)17-18-30(29)39(33(32)41)23-38(20-25-11-5-2-6-12-25)21-26-13-7-3-8-14-26/h2-19,41H,20-23H2,1H3/b36-35?,37-24-. The predicted molar refractivity (Wildman–Crippen MR) is 168 cm³/mol. The highest BCUT2D eigenvalue weighted by atomic mass is 79.9. The zero-order chi connectivity index (χ0) is 29.3. The quantitative estimate of drug-likeness (QED) is 0.0922. The first kappa shape index (κ1) is 28.9. The smallest absolute Gasteiger partial charge is 0.304 e. The lowest BCUT2D eigenvalue weighted by Gasteiger charge is -2.24. The van der Waals surface area contributed by atoms with Gasteiger partial charge in [0.25, 0.3) is 0 Å². The van der Waals surface area contributed by atoms with Crippen molar-refractivity contribution in [1.29, 1.82) is 0 Å². The summed E-state index contributed by atoms with van der Waals surface area (Å²) in [6.45, 7) is 3.14. The molecule has 0 aliphatic rings. The minimum atomic E-state index is -0.621. The highest BCUT2D eigenvalue weighted by Crippen LogP contribution is 2.40. The van der Waals surface area contributed by atoms with Crippen LogP contribution in [-0.2, 0) is 29.4 Å². The summed E-state index contributed by atoms with van der Waals surface area (Å²) in [5.41, 5.74) is 4.82. The molecule has 0 bridgehead atoms. The number of halogens is 1. The van der Waals surface area contributed by atoms with Gasteiger partial charge >= 0.3 is 5.91 Å². The zero-order valence-corrected chi connectivity index (χ0v) is 24.7. The Bertz CT molecular complexity index is 1660. The molecule has 1 aromatic heterocycles. The Morgan fingerprint density at radius 2 is 1.48 bits per heavy atom. The van der Waals surface area contributed by atoms with Gasteiger partial charge in [0.05, 0.1) is 17.9 Å². The lowest BCUT2D eigenvalue weighted by atomic mass is 10.1. The van der Waals surface area contributed by atoms with E-state index >= 15 is 0 Å². The van der Waals surface area contributed by atoms with Crippen molar-refractivity contribution >= 4 is 44.1 Å². The topological polar surface area (TPSA) is 91.8 Å². The molecule has 8 nitrogen and oxygen atoms in total. The summed E-state index contributed by atoms with van der Waals surface area (Å²) < 4.78 is 2.60. The summed E-state index contributed by atoms with van der Waals surface area (Å²) >= 11 is 3.51. The minimum Gasteiger partial charge on any atom is -0.493 e. The fourth-order valence-corrected chi connectivity index (χ4v) is 4.99. The number of fused-ring (bicyclic) bond motifs is 1. The van der Waals surface area contributed by atoms with Crippen LogP contribution in [0.2, 0.25) is 0 Å². The molecule has 0 spiro atoms. The Balaban J connectivity index is 1.38. The van der Waals surface area contributed by atoms with Crippen LogP contribution in [0.25, 0.3) is 10.9 Å². The minimum absolute atomic E-state index is 0.0790. The maximum absolute atomic E-state index is 12.5. The summed E-state index contributed by atoms with van der Waals surface area (Å²) in [4.78, 5) is 19.9. The van der Waals surface area contributed by atoms with Gasteiger partial charge in [0.15, 0.2) is 12.3 Å². The molecular weight excluding hydrogens is 594 g/mol. The van der Waals surface area contributed by atoms with Crippen molar-refractivity contribution in [2.45, 2.75) is 26.7 Å². The van der Waals surface area contributed by atoms with Crippen LogP contribution in [0.5, 0.6) is 5.88 Å². The van der Waals surface area contributed by atoms with E-state index in [2.05, 4.69) is 60.5 Å². The van der Waals surface area contributed by atoms with Crippen molar-refractivity contribution in [2.24, 2.45) is 15.4 Å². The lowest BCUT2D eigenvalue weighted by molar-refractivity contribution is -0.122. The Hall–Kier alpha value is -4.60. The Morgan fingerprint density at radius 3 is 2.10 bits per heavy atom. The van der Waals surface area contributed by atoms with Gasteiger partial charge in [0.1, 0.15) is 0 Å². The number of azo groups is 1. The van der Waals surface area contributed by atoms with Crippen LogP contribution in [0.4, 0.5) is 5.69 Å². The third-order valence-electron chi connectivity index (χ3n) is 6.65. The summed E-state index contributed by atoms with van der Waals surface area (Å²) in [5.74, 6) is -0.700. The van der Waals surface area contributed by atoms with E-state index in [1.165, 1.54) is 0 Å². The van der Waals surface area contributed by atoms with E-state index in [9.17, 15) is 9.90 Å². The second-order valence-electron chi connectivity index (χ2n) is 9.77. The number of hydrogen-bond donors (Lipinski definition) is 1. The lowest BCUT2D eigenvalue weighted by Crippen LogP contribution is -2.25. The van der Waals surface area contributed by atoms with Crippen molar-refractivity contribution < 1.29 is 14.7 Å². The van der Waals surface area contributed by atoms with Gasteiger partial charge in [-0.25, -0.2) is 0 Å². The zero-order valence-electron chi connectivity index (χ0n) is 23.1. The van der Waals surface area contributed by atoms with Crippen LogP contribution in [0.3, 0.4) is 0 Å². The van der Waals surface area contributed by atoms with Crippen LogP contribution in [0.1, 0.15) is 23.6 Å². The second kappa shape index (κ2) is 13.8. The molecule has 4 aromatic carbocycles. The van der Waals surface area contributed by atoms with Crippen LogP contribution in [-0.4, -0.2) is 32.8 Å². The normalized spacial score (nSPS) is 11.9. The average Bonchev–Trinajstić information content (AvgIpc) is 3.26. The van der Waals surface area contributed by atoms with E-state index in [4.69, 9.17) is 4.84 Å². The van der Waals surface area contributed by atoms with E-state index in [0.29, 0.717) is 30.9 Å². The van der Waals surface area contributed by atoms with Gasteiger partial charge in [-0.2, -0.15) is 0 Å². The number of amides is 1. The number of rotatable bonds is 11. The highest BCUT2D eigenvalue weighted by Gasteiger charge is 2.20. The summed E-state index contributed by atoms with van der Waals surface area (Å²) in [7, 11) is 0. The van der Waals surface area contributed by atoms with Gasteiger partial charge in [0.2, 0.25) is 5.88 Å². The number of aromatic nitrogens is 1. The molecule has 212 valence electrons. The largest absolute Gasteiger partial charge is 0.493 e. The molecule has 0 aliphatic carbocycles. The molecule has 1 heterocycles.